The number of ether oxygens (including phenoxy) is 2. The van der Waals surface area contributed by atoms with Crippen molar-refractivity contribution in [2.24, 2.45) is 5.73 Å². The molecule has 1 aromatic carbocycles. The Kier molecular flexibility index (Phi) is 6.65. The highest BCUT2D eigenvalue weighted by Crippen LogP contribution is 2.29. The van der Waals surface area contributed by atoms with Crippen LogP contribution in [0.25, 0.3) is 0 Å². The fourth-order valence-electron chi connectivity index (χ4n) is 2.01. The number of hydrogen-bond donors (Lipinski definition) is 1. The second kappa shape index (κ2) is 8.00. The summed E-state index contributed by atoms with van der Waals surface area (Å²) in [6, 6.07) is 7.50. The van der Waals surface area contributed by atoms with Gasteiger partial charge in [-0.3, -0.25) is 4.79 Å². The maximum Gasteiger partial charge on any atom is 0.229 e. The standard InChI is InChI=1S/C16H26N2O3/c1-16(2,21-4)12-15(19)18(11-7-10-17)13-8-5-6-9-14(13)20-3/h5-6,8-9H,7,10-12,17H2,1-4H3. The average Bonchev–Trinajstić information content (AvgIpc) is 2.47. The van der Waals surface area contributed by atoms with Crippen LogP contribution in [0.3, 0.4) is 0 Å². The topological polar surface area (TPSA) is 64.8 Å². The monoisotopic (exact) mass is 294 g/mol. The molecule has 5 heteroatoms. The molecule has 21 heavy (non-hydrogen) atoms. The quantitative estimate of drug-likeness (QED) is 0.798. The van der Waals surface area contributed by atoms with E-state index < -0.39 is 5.60 Å². The van der Waals surface area contributed by atoms with Crippen molar-refractivity contribution in [3.8, 4) is 5.75 Å². The normalized spacial score (nSPS) is 11.3. The molecule has 0 saturated carbocycles. The Bertz CT molecular complexity index is 461. The number of rotatable bonds is 8. The van der Waals surface area contributed by atoms with Crippen LogP contribution in [0.5, 0.6) is 5.75 Å². The molecule has 0 spiro atoms. The number of anilines is 1. The molecule has 0 fully saturated rings. The zero-order valence-corrected chi connectivity index (χ0v) is 13.4. The summed E-state index contributed by atoms with van der Waals surface area (Å²) in [6.07, 6.45) is 1.03. The molecule has 2 N–H and O–H groups in total. The first kappa shape index (κ1) is 17.5. The van der Waals surface area contributed by atoms with Crippen LogP contribution >= 0.6 is 0 Å². The van der Waals surface area contributed by atoms with Gasteiger partial charge in [-0.05, 0) is 38.9 Å². The minimum atomic E-state index is -0.500. The molecule has 0 atom stereocenters. The lowest BCUT2D eigenvalue weighted by atomic mass is 10.0. The van der Waals surface area contributed by atoms with Crippen molar-refractivity contribution in [2.75, 3.05) is 32.2 Å². The van der Waals surface area contributed by atoms with E-state index in [0.29, 0.717) is 25.3 Å². The van der Waals surface area contributed by atoms with E-state index >= 15 is 0 Å². The number of nitrogens with zero attached hydrogens (tertiary/aromatic N) is 1. The van der Waals surface area contributed by atoms with Gasteiger partial charge in [0.1, 0.15) is 5.75 Å². The van der Waals surface area contributed by atoms with E-state index in [1.165, 1.54) is 0 Å². The van der Waals surface area contributed by atoms with Gasteiger partial charge in [0.05, 0.1) is 24.8 Å². The molecule has 0 aliphatic rings. The van der Waals surface area contributed by atoms with E-state index in [1.54, 1.807) is 19.1 Å². The van der Waals surface area contributed by atoms with Gasteiger partial charge < -0.3 is 20.1 Å². The van der Waals surface area contributed by atoms with E-state index in [1.807, 2.05) is 38.1 Å². The third kappa shape index (κ3) is 5.02. The number of carbonyl (C=O) groups is 1. The number of para-hydroxylation sites is 2. The first-order valence-corrected chi connectivity index (χ1v) is 7.14. The number of hydrogen-bond acceptors (Lipinski definition) is 4. The molecule has 0 aromatic heterocycles. The van der Waals surface area contributed by atoms with E-state index in [9.17, 15) is 4.79 Å². The highest BCUT2D eigenvalue weighted by Gasteiger charge is 2.26. The van der Waals surface area contributed by atoms with Gasteiger partial charge in [-0.1, -0.05) is 12.1 Å². The Labute approximate surface area is 127 Å². The van der Waals surface area contributed by atoms with Crippen molar-refractivity contribution >= 4 is 11.6 Å². The highest BCUT2D eigenvalue weighted by atomic mass is 16.5. The zero-order valence-electron chi connectivity index (χ0n) is 13.4. The second-order valence-corrected chi connectivity index (χ2v) is 5.50. The summed E-state index contributed by atoms with van der Waals surface area (Å²) < 4.78 is 10.7. The summed E-state index contributed by atoms with van der Waals surface area (Å²) in [7, 11) is 3.21. The van der Waals surface area contributed by atoms with Crippen LogP contribution in [0.1, 0.15) is 26.7 Å². The van der Waals surface area contributed by atoms with E-state index in [0.717, 1.165) is 12.1 Å². The molecule has 0 heterocycles. The van der Waals surface area contributed by atoms with Gasteiger partial charge >= 0.3 is 0 Å². The molecule has 0 saturated heterocycles. The Balaban J connectivity index is 3.02. The number of benzene rings is 1. The molecule has 0 unspecified atom stereocenters. The molecule has 1 amide bonds. The average molecular weight is 294 g/mol. The van der Waals surface area contributed by atoms with Gasteiger partial charge in [-0.25, -0.2) is 0 Å². The van der Waals surface area contributed by atoms with Crippen molar-refractivity contribution in [2.45, 2.75) is 32.3 Å². The molecule has 1 rings (SSSR count). The Morgan fingerprint density at radius 2 is 1.95 bits per heavy atom. The van der Waals surface area contributed by atoms with Crippen LogP contribution in [0.4, 0.5) is 5.69 Å². The Hall–Kier alpha value is -1.59. The van der Waals surface area contributed by atoms with E-state index in [2.05, 4.69) is 0 Å². The number of amides is 1. The van der Waals surface area contributed by atoms with E-state index in [4.69, 9.17) is 15.2 Å². The molecule has 118 valence electrons. The molecule has 0 radical (unpaired) electrons. The maximum atomic E-state index is 12.6. The fourth-order valence-corrected chi connectivity index (χ4v) is 2.01. The molecule has 0 bridgehead atoms. The molecular formula is C16H26N2O3. The summed E-state index contributed by atoms with van der Waals surface area (Å²) in [4.78, 5) is 14.4. The molecule has 0 aliphatic heterocycles. The van der Waals surface area contributed by atoms with Crippen molar-refractivity contribution in [1.29, 1.82) is 0 Å². The number of nitrogens with two attached hydrogens (primary N) is 1. The Morgan fingerprint density at radius 3 is 2.52 bits per heavy atom. The van der Waals surface area contributed by atoms with Gasteiger partial charge in [0, 0.05) is 13.7 Å². The summed E-state index contributed by atoms with van der Waals surface area (Å²) in [6.45, 7) is 4.89. The van der Waals surface area contributed by atoms with Crippen LogP contribution in [0.2, 0.25) is 0 Å². The third-order valence-corrected chi connectivity index (χ3v) is 3.39. The van der Waals surface area contributed by atoms with Gasteiger partial charge in [-0.2, -0.15) is 0 Å². The summed E-state index contributed by atoms with van der Waals surface area (Å²) >= 11 is 0. The molecule has 5 nitrogen and oxygen atoms in total. The van der Waals surface area contributed by atoms with Gasteiger partial charge in [-0.15, -0.1) is 0 Å². The largest absolute Gasteiger partial charge is 0.495 e. The fraction of sp³-hybridized carbons (Fsp3) is 0.562. The minimum absolute atomic E-state index is 0.000185. The van der Waals surface area contributed by atoms with Gasteiger partial charge in [0.2, 0.25) is 5.91 Å². The molecule has 0 aliphatic carbocycles. The first-order valence-electron chi connectivity index (χ1n) is 7.14. The van der Waals surface area contributed by atoms with Crippen LogP contribution in [0, 0.1) is 0 Å². The van der Waals surface area contributed by atoms with Crippen molar-refractivity contribution in [3.63, 3.8) is 0 Å². The van der Waals surface area contributed by atoms with Crippen LogP contribution in [-0.4, -0.2) is 38.8 Å². The van der Waals surface area contributed by atoms with Crippen molar-refractivity contribution in [3.05, 3.63) is 24.3 Å². The summed E-state index contributed by atoms with van der Waals surface area (Å²) in [5, 5.41) is 0. The lowest BCUT2D eigenvalue weighted by Gasteiger charge is -2.29. The van der Waals surface area contributed by atoms with Crippen molar-refractivity contribution in [1.82, 2.24) is 0 Å². The minimum Gasteiger partial charge on any atom is -0.495 e. The third-order valence-electron chi connectivity index (χ3n) is 3.39. The Morgan fingerprint density at radius 1 is 1.29 bits per heavy atom. The smallest absolute Gasteiger partial charge is 0.229 e. The number of methoxy groups -OCH3 is 2. The maximum absolute atomic E-state index is 12.6. The zero-order chi connectivity index (χ0) is 15.9. The predicted octanol–water partition coefficient (Wildman–Crippen LogP) is 2.19. The lowest BCUT2D eigenvalue weighted by molar-refractivity contribution is -0.123. The molecular weight excluding hydrogens is 268 g/mol. The summed E-state index contributed by atoms with van der Waals surface area (Å²) in [5.41, 5.74) is 5.85. The van der Waals surface area contributed by atoms with Crippen molar-refractivity contribution < 1.29 is 14.3 Å². The highest BCUT2D eigenvalue weighted by molar-refractivity contribution is 5.95. The number of carbonyl (C=O) groups excluding carboxylic acids is 1. The van der Waals surface area contributed by atoms with E-state index in [-0.39, 0.29) is 5.91 Å². The van der Waals surface area contributed by atoms with Crippen LogP contribution in [0.15, 0.2) is 24.3 Å². The van der Waals surface area contributed by atoms with Crippen LogP contribution < -0.4 is 15.4 Å². The summed E-state index contributed by atoms with van der Waals surface area (Å²) in [5.74, 6) is 0.679. The van der Waals surface area contributed by atoms with Crippen LogP contribution in [-0.2, 0) is 9.53 Å². The first-order chi connectivity index (χ1) is 9.95. The second-order valence-electron chi connectivity index (χ2n) is 5.50. The van der Waals surface area contributed by atoms with Gasteiger partial charge in [0.25, 0.3) is 0 Å². The predicted molar refractivity (Wildman–Crippen MR) is 84.7 cm³/mol. The SMILES string of the molecule is COc1ccccc1N(CCCN)C(=O)CC(C)(C)OC. The van der Waals surface area contributed by atoms with Gasteiger partial charge in [0.15, 0.2) is 0 Å². The molecule has 1 aromatic rings. The lowest BCUT2D eigenvalue weighted by Crippen LogP contribution is -2.38.